The maximum Gasteiger partial charge on any atom is 0.264 e. The molecule has 196 valence electrons. The van der Waals surface area contributed by atoms with Crippen molar-refractivity contribution in [3.63, 3.8) is 0 Å². The SMILES string of the molecule is Cc1ccc2nc(N(CCCN(C)C)C(=O)c3ccc(S(=O)(=O)N(C)c4ccccc4)cc3)sc2c1.Cl. The summed E-state index contributed by atoms with van der Waals surface area (Å²) in [6, 6.07) is 21.1. The van der Waals surface area contributed by atoms with Gasteiger partial charge in [0, 0.05) is 19.2 Å². The van der Waals surface area contributed by atoms with E-state index in [9.17, 15) is 13.2 Å². The minimum Gasteiger partial charge on any atom is -0.309 e. The monoisotopic (exact) mass is 558 g/mol. The highest BCUT2D eigenvalue weighted by molar-refractivity contribution is 7.92. The third kappa shape index (κ3) is 6.48. The summed E-state index contributed by atoms with van der Waals surface area (Å²) in [5.74, 6) is -0.204. The van der Waals surface area contributed by atoms with Crippen LogP contribution in [0.1, 0.15) is 22.3 Å². The largest absolute Gasteiger partial charge is 0.309 e. The molecule has 0 aliphatic rings. The molecule has 10 heteroatoms. The van der Waals surface area contributed by atoms with Crippen LogP contribution in [0.4, 0.5) is 10.8 Å². The molecule has 7 nitrogen and oxygen atoms in total. The van der Waals surface area contributed by atoms with Crippen molar-refractivity contribution < 1.29 is 13.2 Å². The van der Waals surface area contributed by atoms with Gasteiger partial charge in [-0.1, -0.05) is 35.6 Å². The number of halogens is 1. The Bertz CT molecular complexity index is 1460. The summed E-state index contributed by atoms with van der Waals surface area (Å²) in [4.78, 5) is 22.2. The first-order chi connectivity index (χ1) is 17.2. The number of anilines is 2. The molecule has 0 fully saturated rings. The number of hydrogen-bond acceptors (Lipinski definition) is 6. The average Bonchev–Trinajstić information content (AvgIpc) is 3.29. The Morgan fingerprint density at radius 3 is 2.24 bits per heavy atom. The van der Waals surface area contributed by atoms with Crippen LogP contribution in [0.3, 0.4) is 0 Å². The predicted octanol–water partition coefficient (Wildman–Crippen LogP) is 5.45. The van der Waals surface area contributed by atoms with Crippen LogP contribution in [-0.4, -0.2) is 58.4 Å². The minimum absolute atomic E-state index is 0. The molecular weight excluding hydrogens is 528 g/mol. The van der Waals surface area contributed by atoms with Crippen LogP contribution in [0.25, 0.3) is 10.2 Å². The first-order valence-electron chi connectivity index (χ1n) is 11.6. The first-order valence-corrected chi connectivity index (χ1v) is 13.9. The predicted molar refractivity (Wildman–Crippen MR) is 155 cm³/mol. The minimum atomic E-state index is -3.76. The number of benzene rings is 3. The molecule has 1 aromatic heterocycles. The van der Waals surface area contributed by atoms with Gasteiger partial charge in [0.15, 0.2) is 5.13 Å². The number of para-hydroxylation sites is 1. The van der Waals surface area contributed by atoms with Crippen molar-refractivity contribution in [1.82, 2.24) is 9.88 Å². The van der Waals surface area contributed by atoms with Gasteiger partial charge in [0.2, 0.25) is 0 Å². The van der Waals surface area contributed by atoms with Gasteiger partial charge in [-0.2, -0.15) is 0 Å². The molecule has 0 saturated heterocycles. The number of rotatable bonds is 9. The van der Waals surface area contributed by atoms with Crippen molar-refractivity contribution in [3.05, 3.63) is 83.9 Å². The number of thiazole rings is 1. The zero-order chi connectivity index (χ0) is 25.9. The second-order valence-electron chi connectivity index (χ2n) is 8.91. The van der Waals surface area contributed by atoms with E-state index in [0.29, 0.717) is 22.9 Å². The van der Waals surface area contributed by atoms with Crippen LogP contribution >= 0.6 is 23.7 Å². The van der Waals surface area contributed by atoms with Gasteiger partial charge in [-0.05, 0) is 88.1 Å². The summed E-state index contributed by atoms with van der Waals surface area (Å²) in [7, 11) is 1.76. The Morgan fingerprint density at radius 2 is 1.59 bits per heavy atom. The van der Waals surface area contributed by atoms with Crippen LogP contribution in [0.15, 0.2) is 77.7 Å². The Kier molecular flexibility index (Phi) is 9.31. The smallest absolute Gasteiger partial charge is 0.264 e. The number of aromatic nitrogens is 1. The summed E-state index contributed by atoms with van der Waals surface area (Å²) in [5.41, 5.74) is 2.98. The van der Waals surface area contributed by atoms with Gasteiger partial charge in [-0.3, -0.25) is 14.0 Å². The number of sulfonamides is 1. The zero-order valence-corrected chi connectivity index (χ0v) is 23.7. The second kappa shape index (κ2) is 12.0. The Morgan fingerprint density at radius 1 is 0.919 bits per heavy atom. The number of fused-ring (bicyclic) bond motifs is 1. The van der Waals surface area contributed by atoms with E-state index >= 15 is 0 Å². The molecule has 0 saturated carbocycles. The molecule has 0 bridgehead atoms. The average molecular weight is 559 g/mol. The molecule has 0 aliphatic carbocycles. The van der Waals surface area contributed by atoms with E-state index in [-0.39, 0.29) is 23.2 Å². The van der Waals surface area contributed by atoms with Crippen molar-refractivity contribution in [3.8, 4) is 0 Å². The van der Waals surface area contributed by atoms with Crippen molar-refractivity contribution in [2.45, 2.75) is 18.2 Å². The van der Waals surface area contributed by atoms with E-state index in [1.165, 1.54) is 34.8 Å². The maximum absolute atomic E-state index is 13.6. The first kappa shape index (κ1) is 28.6. The fourth-order valence-electron chi connectivity index (χ4n) is 3.82. The number of carbonyl (C=O) groups excluding carboxylic acids is 1. The van der Waals surface area contributed by atoms with Gasteiger partial charge in [0.05, 0.1) is 20.8 Å². The van der Waals surface area contributed by atoms with Gasteiger partial charge in [0.1, 0.15) is 0 Å². The number of nitrogens with zero attached hydrogens (tertiary/aromatic N) is 4. The molecule has 0 unspecified atom stereocenters. The molecule has 0 atom stereocenters. The summed E-state index contributed by atoms with van der Waals surface area (Å²) in [6.07, 6.45) is 0.780. The topological polar surface area (TPSA) is 73.8 Å². The number of aryl methyl sites for hydroxylation is 1. The summed E-state index contributed by atoms with van der Waals surface area (Å²) in [5, 5.41) is 0.639. The van der Waals surface area contributed by atoms with Crippen LogP contribution in [-0.2, 0) is 10.0 Å². The van der Waals surface area contributed by atoms with Gasteiger partial charge >= 0.3 is 0 Å². The maximum atomic E-state index is 13.6. The van der Waals surface area contributed by atoms with Crippen LogP contribution in [0.5, 0.6) is 0 Å². The van der Waals surface area contributed by atoms with Gasteiger partial charge in [-0.25, -0.2) is 13.4 Å². The molecule has 0 N–H and O–H groups in total. The molecule has 37 heavy (non-hydrogen) atoms. The summed E-state index contributed by atoms with van der Waals surface area (Å²) < 4.78 is 28.5. The second-order valence-corrected chi connectivity index (χ2v) is 11.9. The third-order valence-corrected chi connectivity index (χ3v) is 8.72. The third-order valence-electron chi connectivity index (χ3n) is 5.88. The number of carbonyl (C=O) groups is 1. The van der Waals surface area contributed by atoms with Crippen molar-refractivity contribution in [2.75, 3.05) is 43.4 Å². The fraction of sp³-hybridized carbons (Fsp3) is 0.259. The lowest BCUT2D eigenvalue weighted by molar-refractivity contribution is 0.0986. The fourth-order valence-corrected chi connectivity index (χ4v) is 6.11. The van der Waals surface area contributed by atoms with Crippen molar-refractivity contribution in [1.29, 1.82) is 0 Å². The standard InChI is InChI=1S/C27H30N4O3S2.ClH/c1-20-11-16-24-25(19-20)35-27(28-24)31(18-8-17-29(2)3)26(32)21-12-14-23(15-13-21)36(33,34)30(4)22-9-6-5-7-10-22;/h5-7,9-16,19H,8,17-18H2,1-4H3;1H. The molecule has 3 aromatic carbocycles. The highest BCUT2D eigenvalue weighted by Gasteiger charge is 2.24. The van der Waals surface area contributed by atoms with E-state index in [1.54, 1.807) is 41.3 Å². The van der Waals surface area contributed by atoms with Crippen LogP contribution in [0, 0.1) is 6.92 Å². The molecule has 4 rings (SSSR count). The van der Waals surface area contributed by atoms with E-state index in [4.69, 9.17) is 4.98 Å². The van der Waals surface area contributed by atoms with Crippen LogP contribution < -0.4 is 9.21 Å². The highest BCUT2D eigenvalue weighted by atomic mass is 35.5. The molecule has 1 heterocycles. The lowest BCUT2D eigenvalue weighted by Gasteiger charge is -2.22. The molecule has 0 spiro atoms. The number of amides is 1. The van der Waals surface area contributed by atoms with Crippen LogP contribution in [0.2, 0.25) is 0 Å². The lowest BCUT2D eigenvalue weighted by atomic mass is 10.2. The molecule has 0 aliphatic heterocycles. The Balaban J connectivity index is 0.00000380. The molecule has 4 aromatic rings. The molecule has 1 amide bonds. The highest BCUT2D eigenvalue weighted by Crippen LogP contribution is 2.31. The summed E-state index contributed by atoms with van der Waals surface area (Å²) in [6.45, 7) is 3.37. The molecular formula is C27H31ClN4O3S2. The van der Waals surface area contributed by atoms with E-state index in [0.717, 1.165) is 28.7 Å². The van der Waals surface area contributed by atoms with E-state index in [2.05, 4.69) is 11.0 Å². The quantitative estimate of drug-likeness (QED) is 0.273. The van der Waals surface area contributed by atoms with Gasteiger partial charge < -0.3 is 4.90 Å². The Hall–Kier alpha value is -2.98. The normalized spacial score (nSPS) is 11.4. The Labute approximate surface area is 228 Å². The van der Waals surface area contributed by atoms with Gasteiger partial charge in [-0.15, -0.1) is 12.4 Å². The number of hydrogen-bond donors (Lipinski definition) is 0. The van der Waals surface area contributed by atoms with Crippen molar-refractivity contribution >= 4 is 60.7 Å². The summed E-state index contributed by atoms with van der Waals surface area (Å²) >= 11 is 1.49. The lowest BCUT2D eigenvalue weighted by Crippen LogP contribution is -2.33. The molecule has 0 radical (unpaired) electrons. The van der Waals surface area contributed by atoms with Crippen molar-refractivity contribution in [2.24, 2.45) is 0 Å². The zero-order valence-electron chi connectivity index (χ0n) is 21.3. The van der Waals surface area contributed by atoms with E-state index < -0.39 is 10.0 Å². The van der Waals surface area contributed by atoms with E-state index in [1.807, 2.05) is 39.2 Å². The van der Waals surface area contributed by atoms with Gasteiger partial charge in [0.25, 0.3) is 15.9 Å².